The number of carbonyl (C=O) groups excluding carboxylic acids is 1. The first-order valence-corrected chi connectivity index (χ1v) is 4.36. The van der Waals surface area contributed by atoms with Gasteiger partial charge in [0.05, 0.1) is 19.8 Å². The second-order valence-corrected chi connectivity index (χ2v) is 3.13. The summed E-state index contributed by atoms with van der Waals surface area (Å²) in [7, 11) is 1.55. The molecule has 1 amide bonds. The minimum Gasteiger partial charge on any atom is -0.496 e. The molecule has 1 aliphatic rings. The number of nitrogens with one attached hydrogen (secondary N) is 1. The number of fused-ring (bicyclic) bond motifs is 1. The van der Waals surface area contributed by atoms with Crippen LogP contribution >= 0.6 is 0 Å². The normalized spacial score (nSPS) is 19.0. The van der Waals surface area contributed by atoms with E-state index < -0.39 is 0 Å². The second-order valence-electron chi connectivity index (χ2n) is 3.13. The summed E-state index contributed by atoms with van der Waals surface area (Å²) >= 11 is 0. The summed E-state index contributed by atoms with van der Waals surface area (Å²) in [5.41, 5.74) is 1.34. The molecule has 4 heteroatoms. The number of ether oxygens (including phenoxy) is 1. The van der Waals surface area contributed by atoms with Gasteiger partial charge < -0.3 is 15.2 Å². The van der Waals surface area contributed by atoms with E-state index in [0.717, 1.165) is 5.56 Å². The van der Waals surface area contributed by atoms with Gasteiger partial charge in [-0.05, 0) is 12.1 Å². The molecule has 1 unspecified atom stereocenters. The van der Waals surface area contributed by atoms with Crippen molar-refractivity contribution in [2.75, 3.05) is 13.7 Å². The second kappa shape index (κ2) is 3.31. The molecule has 1 heterocycles. The van der Waals surface area contributed by atoms with Crippen molar-refractivity contribution in [3.63, 3.8) is 0 Å². The lowest BCUT2D eigenvalue weighted by molar-refractivity contribution is 0.0942. The number of carbonyl (C=O) groups is 1. The van der Waals surface area contributed by atoms with Crippen LogP contribution in [0.4, 0.5) is 0 Å². The van der Waals surface area contributed by atoms with Crippen LogP contribution in [-0.2, 0) is 0 Å². The molecular formula is C10H11NO3. The highest BCUT2D eigenvalue weighted by Crippen LogP contribution is 2.32. The Kier molecular flexibility index (Phi) is 2.13. The monoisotopic (exact) mass is 193 g/mol. The van der Waals surface area contributed by atoms with Crippen LogP contribution in [0.3, 0.4) is 0 Å². The fraction of sp³-hybridized carbons (Fsp3) is 0.300. The van der Waals surface area contributed by atoms with E-state index in [0.29, 0.717) is 11.3 Å². The highest BCUT2D eigenvalue weighted by molar-refractivity contribution is 6.00. The zero-order valence-corrected chi connectivity index (χ0v) is 7.78. The smallest absolute Gasteiger partial charge is 0.252 e. The average molecular weight is 193 g/mol. The lowest BCUT2D eigenvalue weighted by Crippen LogP contribution is -2.21. The molecule has 0 aliphatic carbocycles. The summed E-state index contributed by atoms with van der Waals surface area (Å²) in [6.07, 6.45) is 0. The summed E-state index contributed by atoms with van der Waals surface area (Å²) in [6, 6.07) is 4.93. The molecule has 0 saturated heterocycles. The third-order valence-corrected chi connectivity index (χ3v) is 2.37. The number of hydrogen-bond acceptors (Lipinski definition) is 3. The molecule has 0 bridgehead atoms. The molecule has 0 aromatic heterocycles. The molecule has 0 saturated carbocycles. The number of hydrogen-bond donors (Lipinski definition) is 2. The molecular weight excluding hydrogens is 182 g/mol. The summed E-state index contributed by atoms with van der Waals surface area (Å²) < 4.78 is 5.13. The molecule has 2 rings (SSSR count). The summed E-state index contributed by atoms with van der Waals surface area (Å²) in [5, 5.41) is 11.8. The van der Waals surface area contributed by atoms with Crippen LogP contribution < -0.4 is 10.1 Å². The van der Waals surface area contributed by atoms with Crippen LogP contribution in [0.5, 0.6) is 5.75 Å². The summed E-state index contributed by atoms with van der Waals surface area (Å²) in [6.45, 7) is -0.112. The van der Waals surface area contributed by atoms with Gasteiger partial charge in [0.1, 0.15) is 5.75 Å². The SMILES string of the molecule is COc1cccc2c1C(CO)NC2=O. The van der Waals surface area contributed by atoms with Gasteiger partial charge in [0.2, 0.25) is 0 Å². The van der Waals surface area contributed by atoms with Gasteiger partial charge in [-0.25, -0.2) is 0 Å². The van der Waals surface area contributed by atoms with Crippen molar-refractivity contribution >= 4 is 5.91 Å². The predicted molar refractivity (Wildman–Crippen MR) is 50.3 cm³/mol. The molecule has 1 aromatic carbocycles. The van der Waals surface area contributed by atoms with E-state index in [-0.39, 0.29) is 18.6 Å². The molecule has 0 radical (unpaired) electrons. The Morgan fingerprint density at radius 3 is 3.00 bits per heavy atom. The maximum atomic E-state index is 11.4. The van der Waals surface area contributed by atoms with Crippen molar-refractivity contribution < 1.29 is 14.6 Å². The van der Waals surface area contributed by atoms with Gasteiger partial charge in [-0.15, -0.1) is 0 Å². The largest absolute Gasteiger partial charge is 0.496 e. The Bertz CT molecular complexity index is 376. The zero-order valence-electron chi connectivity index (χ0n) is 7.78. The van der Waals surface area contributed by atoms with Crippen LogP contribution in [-0.4, -0.2) is 24.7 Å². The molecule has 74 valence electrons. The highest BCUT2D eigenvalue weighted by atomic mass is 16.5. The maximum Gasteiger partial charge on any atom is 0.252 e. The fourth-order valence-corrected chi connectivity index (χ4v) is 1.72. The zero-order chi connectivity index (χ0) is 10.1. The third-order valence-electron chi connectivity index (χ3n) is 2.37. The van der Waals surface area contributed by atoms with Crippen molar-refractivity contribution in [1.29, 1.82) is 0 Å². The first-order chi connectivity index (χ1) is 6.77. The van der Waals surface area contributed by atoms with Gasteiger partial charge in [0, 0.05) is 11.1 Å². The summed E-state index contributed by atoms with van der Waals surface area (Å²) in [4.78, 5) is 11.4. The van der Waals surface area contributed by atoms with Gasteiger partial charge in [0.25, 0.3) is 5.91 Å². The Morgan fingerprint density at radius 1 is 1.57 bits per heavy atom. The van der Waals surface area contributed by atoms with Gasteiger partial charge in [-0.1, -0.05) is 6.07 Å². The van der Waals surface area contributed by atoms with Gasteiger partial charge in [-0.2, -0.15) is 0 Å². The highest BCUT2D eigenvalue weighted by Gasteiger charge is 2.30. The van der Waals surface area contributed by atoms with Crippen LogP contribution in [0.2, 0.25) is 0 Å². The first kappa shape index (κ1) is 9.02. The van der Waals surface area contributed by atoms with E-state index in [1.54, 1.807) is 25.3 Å². The maximum absolute atomic E-state index is 11.4. The van der Waals surface area contributed by atoms with E-state index >= 15 is 0 Å². The molecule has 14 heavy (non-hydrogen) atoms. The quantitative estimate of drug-likeness (QED) is 0.717. The average Bonchev–Trinajstić information content (AvgIpc) is 2.56. The topological polar surface area (TPSA) is 58.6 Å². The minimum absolute atomic E-state index is 0.112. The Morgan fingerprint density at radius 2 is 2.36 bits per heavy atom. The van der Waals surface area contributed by atoms with Crippen molar-refractivity contribution in [3.05, 3.63) is 29.3 Å². The van der Waals surface area contributed by atoms with Gasteiger partial charge in [-0.3, -0.25) is 4.79 Å². The Balaban J connectivity index is 2.56. The molecule has 0 fully saturated rings. The number of amides is 1. The van der Waals surface area contributed by atoms with E-state index in [4.69, 9.17) is 9.84 Å². The van der Waals surface area contributed by atoms with Crippen LogP contribution in [0.1, 0.15) is 22.0 Å². The predicted octanol–water partition coefficient (Wildman–Crippen LogP) is 0.472. The number of aliphatic hydroxyl groups is 1. The first-order valence-electron chi connectivity index (χ1n) is 4.36. The molecule has 1 atom stereocenters. The number of aliphatic hydroxyl groups excluding tert-OH is 1. The van der Waals surface area contributed by atoms with E-state index in [1.165, 1.54) is 0 Å². The lowest BCUT2D eigenvalue weighted by atomic mass is 10.0. The molecule has 2 N–H and O–H groups in total. The lowest BCUT2D eigenvalue weighted by Gasteiger charge is -2.11. The minimum atomic E-state index is -0.339. The molecule has 1 aromatic rings. The van der Waals surface area contributed by atoms with Crippen molar-refractivity contribution in [3.8, 4) is 5.75 Å². The third kappa shape index (κ3) is 1.15. The van der Waals surface area contributed by atoms with Crippen LogP contribution in [0.25, 0.3) is 0 Å². The molecule has 1 aliphatic heterocycles. The van der Waals surface area contributed by atoms with Crippen molar-refractivity contribution in [1.82, 2.24) is 5.32 Å². The Hall–Kier alpha value is -1.55. The van der Waals surface area contributed by atoms with Crippen molar-refractivity contribution in [2.24, 2.45) is 0 Å². The van der Waals surface area contributed by atoms with Crippen LogP contribution in [0, 0.1) is 0 Å². The molecule has 4 nitrogen and oxygen atoms in total. The molecule has 0 spiro atoms. The summed E-state index contributed by atoms with van der Waals surface area (Å²) in [5.74, 6) is 0.484. The number of rotatable bonds is 2. The number of methoxy groups -OCH3 is 1. The van der Waals surface area contributed by atoms with Crippen molar-refractivity contribution in [2.45, 2.75) is 6.04 Å². The standard InChI is InChI=1S/C10H11NO3/c1-14-8-4-2-3-6-9(8)7(5-12)11-10(6)13/h2-4,7,12H,5H2,1H3,(H,11,13). The fourth-order valence-electron chi connectivity index (χ4n) is 1.72. The van der Waals surface area contributed by atoms with E-state index in [9.17, 15) is 4.79 Å². The van der Waals surface area contributed by atoms with Gasteiger partial charge in [0.15, 0.2) is 0 Å². The number of benzene rings is 1. The van der Waals surface area contributed by atoms with Crippen LogP contribution in [0.15, 0.2) is 18.2 Å². The van der Waals surface area contributed by atoms with E-state index in [1.807, 2.05) is 0 Å². The Labute approximate surface area is 81.5 Å². The van der Waals surface area contributed by atoms with Gasteiger partial charge >= 0.3 is 0 Å². The van der Waals surface area contributed by atoms with E-state index in [2.05, 4.69) is 5.32 Å².